The molecule has 0 bridgehead atoms. The summed E-state index contributed by atoms with van der Waals surface area (Å²) < 4.78 is 8.01. The molecule has 6 heteroatoms. The van der Waals surface area contributed by atoms with Crippen LogP contribution in [0.5, 0.6) is 0 Å². The van der Waals surface area contributed by atoms with E-state index >= 15 is 0 Å². The van der Waals surface area contributed by atoms with Crippen LogP contribution in [-0.4, -0.2) is 32.8 Å². The summed E-state index contributed by atoms with van der Waals surface area (Å²) in [4.78, 5) is 16.8. The van der Waals surface area contributed by atoms with E-state index in [0.29, 0.717) is 12.3 Å². The quantitative estimate of drug-likeness (QED) is 0.737. The van der Waals surface area contributed by atoms with E-state index in [-0.39, 0.29) is 5.78 Å². The topological polar surface area (TPSA) is 57.0 Å². The number of carbonyl (C=O) groups is 1. The highest BCUT2D eigenvalue weighted by Gasteiger charge is 2.32. The lowest BCUT2D eigenvalue weighted by Crippen LogP contribution is -2.37. The largest absolute Gasteiger partial charge is 0.368 e. The molecule has 5 nitrogen and oxygen atoms in total. The molecule has 0 N–H and O–H groups in total. The molecule has 0 saturated carbocycles. The van der Waals surface area contributed by atoms with Crippen molar-refractivity contribution in [3.63, 3.8) is 0 Å². The number of hydrogen-bond acceptors (Lipinski definition) is 4. The molecule has 0 atom stereocenters. The third-order valence-electron chi connectivity index (χ3n) is 3.12. The molecular weight excluding hydrogens is 346 g/mol. The van der Waals surface area contributed by atoms with Crippen molar-refractivity contribution in [1.82, 2.24) is 14.8 Å². The van der Waals surface area contributed by atoms with Gasteiger partial charge in [-0.1, -0.05) is 28.1 Å². The van der Waals surface area contributed by atoms with Gasteiger partial charge in [0.05, 0.1) is 0 Å². The van der Waals surface area contributed by atoms with E-state index in [1.807, 2.05) is 31.2 Å². The zero-order valence-electron chi connectivity index (χ0n) is 12.8. The number of rotatable bonds is 6. The molecule has 116 valence electrons. The Morgan fingerprint density at radius 2 is 2.05 bits per heavy atom. The van der Waals surface area contributed by atoms with Gasteiger partial charge in [0, 0.05) is 11.1 Å². The van der Waals surface area contributed by atoms with Crippen LogP contribution >= 0.6 is 15.9 Å². The van der Waals surface area contributed by atoms with E-state index in [0.717, 1.165) is 10.0 Å². The number of hydrogen-bond donors (Lipinski definition) is 0. The molecule has 0 amide bonds. The van der Waals surface area contributed by atoms with Crippen molar-refractivity contribution < 1.29 is 9.53 Å². The normalized spacial score (nSPS) is 12.5. The molecule has 0 fully saturated rings. The first-order valence-corrected chi connectivity index (χ1v) is 7.74. The van der Waals surface area contributed by atoms with Crippen molar-refractivity contribution in [3.8, 4) is 0 Å². The SMILES string of the molecule is CCOC(C)(C)C(=O)C(=Cc1ccc(Br)cc1)n1cncn1. The van der Waals surface area contributed by atoms with Gasteiger partial charge in [-0.3, -0.25) is 4.79 Å². The second-order valence-corrected chi connectivity index (χ2v) is 6.11. The van der Waals surface area contributed by atoms with Crippen molar-refractivity contribution in [2.24, 2.45) is 0 Å². The Labute approximate surface area is 138 Å². The minimum Gasteiger partial charge on any atom is -0.368 e. The lowest BCUT2D eigenvalue weighted by atomic mass is 9.99. The lowest BCUT2D eigenvalue weighted by Gasteiger charge is -2.24. The van der Waals surface area contributed by atoms with Crippen LogP contribution in [0.15, 0.2) is 41.4 Å². The van der Waals surface area contributed by atoms with Crippen molar-refractivity contribution in [3.05, 3.63) is 47.0 Å². The molecular formula is C16H18BrN3O2. The van der Waals surface area contributed by atoms with E-state index < -0.39 is 5.60 Å². The molecule has 1 heterocycles. The van der Waals surface area contributed by atoms with Gasteiger partial charge in [-0.05, 0) is 44.5 Å². The maximum atomic E-state index is 12.8. The fourth-order valence-electron chi connectivity index (χ4n) is 2.02. The Morgan fingerprint density at radius 3 is 2.59 bits per heavy atom. The maximum Gasteiger partial charge on any atom is 0.212 e. The summed E-state index contributed by atoms with van der Waals surface area (Å²) in [6.07, 6.45) is 4.69. The highest BCUT2D eigenvalue weighted by Crippen LogP contribution is 2.22. The van der Waals surface area contributed by atoms with Gasteiger partial charge in [0.1, 0.15) is 24.0 Å². The lowest BCUT2D eigenvalue weighted by molar-refractivity contribution is -0.133. The van der Waals surface area contributed by atoms with E-state index in [9.17, 15) is 4.79 Å². The Balaban J connectivity index is 2.44. The second kappa shape index (κ2) is 6.98. The number of Topliss-reactive ketones (excluding diaryl/α,β-unsaturated/α-hetero) is 1. The van der Waals surface area contributed by atoms with E-state index in [4.69, 9.17) is 4.74 Å². The predicted octanol–water partition coefficient (Wildman–Crippen LogP) is 3.42. The predicted molar refractivity (Wildman–Crippen MR) is 89.0 cm³/mol. The summed E-state index contributed by atoms with van der Waals surface area (Å²) in [5.41, 5.74) is 0.384. The van der Waals surface area contributed by atoms with Crippen LogP contribution in [0, 0.1) is 0 Å². The zero-order valence-corrected chi connectivity index (χ0v) is 14.4. The fourth-order valence-corrected chi connectivity index (χ4v) is 2.28. The third kappa shape index (κ3) is 3.90. The smallest absolute Gasteiger partial charge is 0.212 e. The molecule has 0 aliphatic rings. The molecule has 1 aromatic heterocycles. The average molecular weight is 364 g/mol. The van der Waals surface area contributed by atoms with Crippen molar-refractivity contribution >= 4 is 33.5 Å². The maximum absolute atomic E-state index is 12.8. The van der Waals surface area contributed by atoms with Crippen LogP contribution in [0.2, 0.25) is 0 Å². The Bertz CT molecular complexity index is 661. The van der Waals surface area contributed by atoms with Crippen LogP contribution in [0.4, 0.5) is 0 Å². The number of nitrogens with zero attached hydrogens (tertiary/aromatic N) is 3. The van der Waals surface area contributed by atoms with Crippen molar-refractivity contribution in [2.45, 2.75) is 26.4 Å². The van der Waals surface area contributed by atoms with E-state index in [1.54, 1.807) is 19.9 Å². The molecule has 0 radical (unpaired) electrons. The van der Waals surface area contributed by atoms with Gasteiger partial charge in [0.15, 0.2) is 0 Å². The third-order valence-corrected chi connectivity index (χ3v) is 3.65. The van der Waals surface area contributed by atoms with Crippen LogP contribution in [-0.2, 0) is 9.53 Å². The van der Waals surface area contributed by atoms with Gasteiger partial charge in [0.2, 0.25) is 5.78 Å². The first-order valence-electron chi connectivity index (χ1n) is 6.95. The summed E-state index contributed by atoms with van der Waals surface area (Å²) >= 11 is 3.40. The van der Waals surface area contributed by atoms with Gasteiger partial charge < -0.3 is 4.74 Å². The summed E-state index contributed by atoms with van der Waals surface area (Å²) in [6, 6.07) is 7.68. The zero-order chi connectivity index (χ0) is 16.2. The first kappa shape index (κ1) is 16.6. The highest BCUT2D eigenvalue weighted by molar-refractivity contribution is 9.10. The monoisotopic (exact) mass is 363 g/mol. The van der Waals surface area contributed by atoms with Crippen LogP contribution < -0.4 is 0 Å². The minimum absolute atomic E-state index is 0.150. The van der Waals surface area contributed by atoms with Gasteiger partial charge in [0.25, 0.3) is 0 Å². The standard InChI is InChI=1S/C16H18BrN3O2/c1-4-22-16(2,3)15(21)14(20-11-18-10-19-20)9-12-5-7-13(17)8-6-12/h5-11H,4H2,1-3H3. The Hall–Kier alpha value is -1.79. The number of carbonyl (C=O) groups excluding carboxylic acids is 1. The minimum atomic E-state index is -0.929. The number of ether oxygens (including phenoxy) is 1. The van der Waals surface area contributed by atoms with E-state index in [2.05, 4.69) is 26.0 Å². The molecule has 0 spiro atoms. The number of benzene rings is 1. The van der Waals surface area contributed by atoms with Crippen molar-refractivity contribution in [2.75, 3.05) is 6.61 Å². The fraction of sp³-hybridized carbons (Fsp3) is 0.312. The highest BCUT2D eigenvalue weighted by atomic mass is 79.9. The molecule has 0 aliphatic heterocycles. The molecule has 2 rings (SSSR count). The summed E-state index contributed by atoms with van der Waals surface area (Å²) in [6.45, 7) is 5.83. The second-order valence-electron chi connectivity index (χ2n) is 5.19. The van der Waals surface area contributed by atoms with Crippen LogP contribution in [0.25, 0.3) is 11.8 Å². The van der Waals surface area contributed by atoms with Crippen molar-refractivity contribution in [1.29, 1.82) is 0 Å². The summed E-state index contributed by atoms with van der Waals surface area (Å²) in [5, 5.41) is 4.08. The molecule has 1 aromatic carbocycles. The number of aromatic nitrogens is 3. The Kier molecular flexibility index (Phi) is 5.26. The number of halogens is 1. The summed E-state index contributed by atoms with van der Waals surface area (Å²) in [7, 11) is 0. The van der Waals surface area contributed by atoms with Gasteiger partial charge in [-0.2, -0.15) is 5.10 Å². The van der Waals surface area contributed by atoms with Gasteiger partial charge in [-0.25, -0.2) is 9.67 Å². The number of ketones is 1. The van der Waals surface area contributed by atoms with Crippen LogP contribution in [0.1, 0.15) is 26.3 Å². The molecule has 2 aromatic rings. The molecule has 0 saturated heterocycles. The van der Waals surface area contributed by atoms with Gasteiger partial charge >= 0.3 is 0 Å². The molecule has 0 unspecified atom stereocenters. The summed E-state index contributed by atoms with van der Waals surface area (Å²) in [5.74, 6) is -0.150. The molecule has 0 aliphatic carbocycles. The van der Waals surface area contributed by atoms with Gasteiger partial charge in [-0.15, -0.1) is 0 Å². The first-order chi connectivity index (χ1) is 10.4. The van der Waals surface area contributed by atoms with E-state index in [1.165, 1.54) is 17.3 Å². The molecule has 22 heavy (non-hydrogen) atoms. The Morgan fingerprint density at radius 1 is 1.36 bits per heavy atom. The average Bonchev–Trinajstić information content (AvgIpc) is 3.00. The van der Waals surface area contributed by atoms with Crippen LogP contribution in [0.3, 0.4) is 0 Å².